The topological polar surface area (TPSA) is 49.4 Å². The Hall–Kier alpha value is -3.26. The number of amides is 2. The molecular weight excluding hydrogens is 437 g/mol. The molecule has 8 heteroatoms. The number of nitrogens with one attached hydrogen (secondary N) is 1. The van der Waals surface area contributed by atoms with Crippen molar-refractivity contribution in [3.05, 3.63) is 90.0 Å². The largest absolute Gasteiger partial charge is 0.418 e. The Morgan fingerprint density at radius 1 is 0.969 bits per heavy atom. The van der Waals surface area contributed by atoms with Crippen molar-refractivity contribution in [3.63, 3.8) is 0 Å². The third kappa shape index (κ3) is 4.80. The zero-order valence-electron chi connectivity index (χ0n) is 16.8. The van der Waals surface area contributed by atoms with Crippen LogP contribution in [0.5, 0.6) is 0 Å². The number of anilines is 2. The van der Waals surface area contributed by atoms with Gasteiger partial charge in [-0.1, -0.05) is 54.6 Å². The molecular formula is C24H19F3N2O2S. The van der Waals surface area contributed by atoms with Gasteiger partial charge in [0.05, 0.1) is 16.9 Å². The second-order valence-electron chi connectivity index (χ2n) is 7.26. The van der Waals surface area contributed by atoms with Gasteiger partial charge < -0.3 is 10.2 Å². The Morgan fingerprint density at radius 2 is 1.62 bits per heavy atom. The summed E-state index contributed by atoms with van der Waals surface area (Å²) in [5.41, 5.74) is 0.291. The number of benzene rings is 3. The van der Waals surface area contributed by atoms with Crippen LogP contribution in [0.25, 0.3) is 0 Å². The Morgan fingerprint density at radius 3 is 2.38 bits per heavy atom. The van der Waals surface area contributed by atoms with Gasteiger partial charge in [-0.3, -0.25) is 9.59 Å². The fourth-order valence-corrected chi connectivity index (χ4v) is 4.86. The number of hydrogen-bond acceptors (Lipinski definition) is 3. The van der Waals surface area contributed by atoms with Gasteiger partial charge in [0, 0.05) is 16.6 Å². The molecule has 3 aromatic rings. The Bertz CT molecular complexity index is 1140. The highest BCUT2D eigenvalue weighted by atomic mass is 32.2. The summed E-state index contributed by atoms with van der Waals surface area (Å²) >= 11 is 1.53. The summed E-state index contributed by atoms with van der Waals surface area (Å²) in [6, 6.07) is 21.6. The molecule has 32 heavy (non-hydrogen) atoms. The smallest absolute Gasteiger partial charge is 0.324 e. The lowest BCUT2D eigenvalue weighted by Gasteiger charge is -2.22. The van der Waals surface area contributed by atoms with Crippen LogP contribution in [0, 0.1) is 0 Å². The Kier molecular flexibility index (Phi) is 6.23. The van der Waals surface area contributed by atoms with Gasteiger partial charge >= 0.3 is 6.18 Å². The van der Waals surface area contributed by atoms with Crippen molar-refractivity contribution >= 4 is 35.0 Å². The normalized spacial score (nSPS) is 16.3. The highest BCUT2D eigenvalue weighted by molar-refractivity contribution is 7.99. The summed E-state index contributed by atoms with van der Waals surface area (Å²) in [4.78, 5) is 28.0. The minimum atomic E-state index is -4.60. The average molecular weight is 456 g/mol. The summed E-state index contributed by atoms with van der Waals surface area (Å²) in [7, 11) is 0. The minimum absolute atomic E-state index is 0.135. The lowest BCUT2D eigenvalue weighted by molar-refractivity contribution is -0.137. The zero-order chi connectivity index (χ0) is 22.7. The molecule has 1 heterocycles. The van der Waals surface area contributed by atoms with E-state index in [1.165, 1.54) is 34.9 Å². The minimum Gasteiger partial charge on any atom is -0.324 e. The molecule has 1 aliphatic rings. The maximum Gasteiger partial charge on any atom is 0.418 e. The Balaban J connectivity index is 1.59. The first-order valence-electron chi connectivity index (χ1n) is 9.90. The van der Waals surface area contributed by atoms with Gasteiger partial charge in [-0.25, -0.2) is 0 Å². The third-order valence-electron chi connectivity index (χ3n) is 5.07. The van der Waals surface area contributed by atoms with Crippen LogP contribution >= 0.6 is 11.8 Å². The second-order valence-corrected chi connectivity index (χ2v) is 8.50. The molecule has 2 amide bonds. The molecule has 0 spiro atoms. The first-order valence-corrected chi connectivity index (χ1v) is 10.8. The van der Waals surface area contributed by atoms with E-state index < -0.39 is 17.6 Å². The predicted molar refractivity (Wildman–Crippen MR) is 119 cm³/mol. The van der Waals surface area contributed by atoms with Gasteiger partial charge in [0.15, 0.2) is 0 Å². The lowest BCUT2D eigenvalue weighted by atomic mass is 10.1. The van der Waals surface area contributed by atoms with E-state index >= 15 is 0 Å². The van der Waals surface area contributed by atoms with Crippen LogP contribution in [0.15, 0.2) is 83.8 Å². The molecule has 0 fully saturated rings. The molecule has 0 radical (unpaired) electrons. The molecule has 1 N–H and O–H groups in total. The van der Waals surface area contributed by atoms with E-state index in [4.69, 9.17) is 0 Å². The third-order valence-corrected chi connectivity index (χ3v) is 6.39. The molecule has 4 nitrogen and oxygen atoms in total. The van der Waals surface area contributed by atoms with Crippen LogP contribution in [0.3, 0.4) is 0 Å². The van der Waals surface area contributed by atoms with Crippen molar-refractivity contribution in [2.45, 2.75) is 22.7 Å². The van der Waals surface area contributed by atoms with Crippen molar-refractivity contribution in [1.29, 1.82) is 0 Å². The zero-order valence-corrected chi connectivity index (χ0v) is 17.6. The van der Waals surface area contributed by atoms with E-state index in [2.05, 4.69) is 5.32 Å². The molecule has 0 aromatic heterocycles. The van der Waals surface area contributed by atoms with Crippen molar-refractivity contribution in [3.8, 4) is 0 Å². The van der Waals surface area contributed by atoms with Crippen molar-refractivity contribution in [1.82, 2.24) is 0 Å². The van der Waals surface area contributed by atoms with E-state index in [1.54, 1.807) is 12.1 Å². The highest BCUT2D eigenvalue weighted by Gasteiger charge is 2.34. The molecule has 1 unspecified atom stereocenters. The van der Waals surface area contributed by atoms with Crippen LogP contribution in [0.4, 0.5) is 24.5 Å². The lowest BCUT2D eigenvalue weighted by Crippen LogP contribution is -2.38. The summed E-state index contributed by atoms with van der Waals surface area (Å²) < 4.78 is 39.8. The number of halogens is 3. The number of thioether (sulfide) groups is 1. The standard InChI is InChI=1S/C24H19F3N2O2S/c25-24(26,27)17-10-4-5-11-18(17)28-22(30)15-29-19-12-6-7-13-20(19)32-21(14-23(29)31)16-8-2-1-3-9-16/h1-13,21H,14-15H2,(H,28,30). The molecule has 1 aliphatic heterocycles. The second kappa shape index (κ2) is 9.08. The molecule has 4 rings (SSSR count). The van der Waals surface area contributed by atoms with E-state index in [1.807, 2.05) is 42.5 Å². The molecule has 3 aromatic carbocycles. The van der Waals surface area contributed by atoms with Gasteiger partial charge in [0.1, 0.15) is 6.54 Å². The average Bonchev–Trinajstić information content (AvgIpc) is 2.91. The van der Waals surface area contributed by atoms with E-state index in [9.17, 15) is 22.8 Å². The number of carbonyl (C=O) groups excluding carboxylic acids is 2. The van der Waals surface area contributed by atoms with Crippen LogP contribution in [-0.4, -0.2) is 18.4 Å². The van der Waals surface area contributed by atoms with Crippen molar-refractivity contribution < 1.29 is 22.8 Å². The number of para-hydroxylation sites is 2. The molecule has 0 bridgehead atoms. The molecule has 1 atom stereocenters. The van der Waals surface area contributed by atoms with E-state index in [-0.39, 0.29) is 29.8 Å². The summed E-state index contributed by atoms with van der Waals surface area (Å²) in [5, 5.41) is 2.18. The number of alkyl halides is 3. The number of carbonyl (C=O) groups is 2. The number of fused-ring (bicyclic) bond motifs is 1. The van der Waals surface area contributed by atoms with Crippen molar-refractivity contribution in [2.24, 2.45) is 0 Å². The first-order chi connectivity index (χ1) is 15.3. The van der Waals surface area contributed by atoms with Crippen molar-refractivity contribution in [2.75, 3.05) is 16.8 Å². The van der Waals surface area contributed by atoms with Crippen LogP contribution < -0.4 is 10.2 Å². The molecule has 0 saturated carbocycles. The van der Waals surface area contributed by atoms with E-state index in [0.717, 1.165) is 16.5 Å². The SMILES string of the molecule is O=C(CN1C(=O)CC(c2ccccc2)Sc2ccccc21)Nc1ccccc1C(F)(F)F. The van der Waals surface area contributed by atoms with Crippen LogP contribution in [0.1, 0.15) is 22.8 Å². The van der Waals surface area contributed by atoms with E-state index in [0.29, 0.717) is 5.69 Å². The number of nitrogens with zero attached hydrogens (tertiary/aromatic N) is 1. The quantitative estimate of drug-likeness (QED) is 0.531. The molecule has 164 valence electrons. The maximum absolute atomic E-state index is 13.3. The molecule has 0 saturated heterocycles. The highest BCUT2D eigenvalue weighted by Crippen LogP contribution is 2.45. The van der Waals surface area contributed by atoms with Gasteiger partial charge in [-0.2, -0.15) is 13.2 Å². The summed E-state index contributed by atoms with van der Waals surface area (Å²) in [6.07, 6.45) is -4.44. The van der Waals surface area contributed by atoms with Gasteiger partial charge in [0.2, 0.25) is 11.8 Å². The molecule has 0 aliphatic carbocycles. The predicted octanol–water partition coefficient (Wildman–Crippen LogP) is 5.91. The first kappa shape index (κ1) is 22.0. The van der Waals surface area contributed by atoms with Crippen LogP contribution in [0.2, 0.25) is 0 Å². The summed E-state index contributed by atoms with van der Waals surface area (Å²) in [5.74, 6) is -0.969. The van der Waals surface area contributed by atoms with Crippen LogP contribution in [-0.2, 0) is 15.8 Å². The fourth-order valence-electron chi connectivity index (χ4n) is 3.58. The van der Waals surface area contributed by atoms with Gasteiger partial charge in [-0.15, -0.1) is 11.8 Å². The monoisotopic (exact) mass is 456 g/mol. The fraction of sp³-hybridized carbons (Fsp3) is 0.167. The van der Waals surface area contributed by atoms with Gasteiger partial charge in [0.25, 0.3) is 0 Å². The number of rotatable bonds is 4. The van der Waals surface area contributed by atoms with Gasteiger partial charge in [-0.05, 0) is 29.8 Å². The Labute approximate surface area is 187 Å². The number of hydrogen-bond donors (Lipinski definition) is 1. The summed E-state index contributed by atoms with van der Waals surface area (Å²) in [6.45, 7) is -0.385. The maximum atomic E-state index is 13.3.